The predicted octanol–water partition coefficient (Wildman–Crippen LogP) is 9.10. The fourth-order valence-electron chi connectivity index (χ4n) is 6.49. The monoisotopic (exact) mass is 513 g/mol. The summed E-state index contributed by atoms with van der Waals surface area (Å²) >= 11 is 0. The van der Waals surface area contributed by atoms with E-state index in [1.165, 1.54) is 43.8 Å². The van der Waals surface area contributed by atoms with Crippen LogP contribution in [0.15, 0.2) is 115 Å². The Kier molecular flexibility index (Phi) is 5.08. The highest BCUT2D eigenvalue weighted by Gasteiger charge is 2.35. The number of benzene rings is 5. The van der Waals surface area contributed by atoms with E-state index in [0.29, 0.717) is 29.3 Å². The van der Waals surface area contributed by atoms with Gasteiger partial charge in [-0.2, -0.15) is 0 Å². The van der Waals surface area contributed by atoms with Crippen molar-refractivity contribution in [3.63, 3.8) is 0 Å². The first-order valence-electron chi connectivity index (χ1n) is 13.9. The lowest BCUT2D eigenvalue weighted by Crippen LogP contribution is -2.03. The maximum absolute atomic E-state index is 5.17. The lowest BCUT2D eigenvalue weighted by atomic mass is 9.84. The molecule has 0 spiro atoms. The highest BCUT2D eigenvalue weighted by molar-refractivity contribution is 6.16. The summed E-state index contributed by atoms with van der Waals surface area (Å²) in [6, 6.07) is 32.3. The van der Waals surface area contributed by atoms with E-state index in [4.69, 9.17) is 15.0 Å². The van der Waals surface area contributed by atoms with E-state index >= 15 is 0 Å². The van der Waals surface area contributed by atoms with Gasteiger partial charge in [0, 0.05) is 28.5 Å². The minimum atomic E-state index is 0.341. The van der Waals surface area contributed by atoms with Crippen molar-refractivity contribution in [3.8, 4) is 34.2 Å². The predicted molar refractivity (Wildman–Crippen MR) is 164 cm³/mol. The standard InChI is InChI=1S/C37H27N3/c1-22-14-18-24(19-15-22)35-38-36(25-20-16-23(2)17-21-25)40-37(39-35)34-30-11-6-5-10-29(30)32-27-9-4-3-8-26(27)28-12-7-13-31(34)33(28)32/h3-21,26-27H,1-2H3. The summed E-state index contributed by atoms with van der Waals surface area (Å²) in [5.74, 6) is 2.78. The summed E-state index contributed by atoms with van der Waals surface area (Å²) in [7, 11) is 0. The van der Waals surface area contributed by atoms with Gasteiger partial charge in [-0.15, -0.1) is 0 Å². The van der Waals surface area contributed by atoms with Gasteiger partial charge in [0.2, 0.25) is 0 Å². The summed E-state index contributed by atoms with van der Waals surface area (Å²) in [4.78, 5) is 15.3. The van der Waals surface area contributed by atoms with Gasteiger partial charge in [-0.1, -0.05) is 126 Å². The number of rotatable bonds is 3. The Morgan fingerprint density at radius 2 is 1.05 bits per heavy atom. The van der Waals surface area contributed by atoms with Gasteiger partial charge >= 0.3 is 0 Å². The molecular formula is C37H27N3. The molecule has 2 aliphatic carbocycles. The number of aromatic nitrogens is 3. The second kappa shape index (κ2) is 8.82. The van der Waals surface area contributed by atoms with Crippen LogP contribution in [-0.4, -0.2) is 15.0 Å². The number of allylic oxidation sites excluding steroid dienone is 4. The molecule has 0 fully saturated rings. The zero-order chi connectivity index (χ0) is 26.8. The Hall–Kier alpha value is -4.89. The van der Waals surface area contributed by atoms with E-state index in [1.54, 1.807) is 0 Å². The second-order valence-corrected chi connectivity index (χ2v) is 11.0. The van der Waals surface area contributed by atoms with Crippen molar-refractivity contribution in [1.82, 2.24) is 15.0 Å². The molecule has 5 aromatic carbocycles. The van der Waals surface area contributed by atoms with Crippen molar-refractivity contribution in [2.75, 3.05) is 0 Å². The third-order valence-corrected chi connectivity index (χ3v) is 8.43. The maximum atomic E-state index is 5.17. The normalized spacial score (nSPS) is 17.1. The fraction of sp³-hybridized carbons (Fsp3) is 0.108. The van der Waals surface area contributed by atoms with Crippen LogP contribution in [0.4, 0.5) is 0 Å². The smallest absolute Gasteiger partial charge is 0.165 e. The van der Waals surface area contributed by atoms with Gasteiger partial charge in [0.15, 0.2) is 17.5 Å². The molecule has 40 heavy (non-hydrogen) atoms. The third kappa shape index (κ3) is 3.48. The minimum Gasteiger partial charge on any atom is -0.208 e. The van der Waals surface area contributed by atoms with Crippen molar-refractivity contribution < 1.29 is 0 Å². The average Bonchev–Trinajstić information content (AvgIpc) is 3.34. The molecule has 0 radical (unpaired) electrons. The Bertz CT molecular complexity index is 1950. The molecule has 0 N–H and O–H groups in total. The Labute approximate surface area is 233 Å². The SMILES string of the molecule is Cc1ccc(-c2nc(-c3ccc(C)cc3)nc(-c3c4ccccc4c4c5c(cccc35)C3C=CC=CC43)n2)cc1. The van der Waals surface area contributed by atoms with E-state index in [1.807, 2.05) is 0 Å². The number of hydrogen-bond acceptors (Lipinski definition) is 3. The summed E-state index contributed by atoms with van der Waals surface area (Å²) < 4.78 is 0. The van der Waals surface area contributed by atoms with Crippen molar-refractivity contribution in [2.45, 2.75) is 25.7 Å². The molecule has 3 heteroatoms. The Morgan fingerprint density at radius 3 is 1.70 bits per heavy atom. The van der Waals surface area contributed by atoms with E-state index < -0.39 is 0 Å². The van der Waals surface area contributed by atoms with Gasteiger partial charge in [0.25, 0.3) is 0 Å². The van der Waals surface area contributed by atoms with Crippen molar-refractivity contribution in [1.29, 1.82) is 0 Å². The molecule has 1 heterocycles. The van der Waals surface area contributed by atoms with Crippen LogP contribution < -0.4 is 0 Å². The van der Waals surface area contributed by atoms with Crippen LogP contribution in [0.1, 0.15) is 34.1 Å². The molecule has 1 aromatic heterocycles. The second-order valence-electron chi connectivity index (χ2n) is 11.0. The van der Waals surface area contributed by atoms with Crippen LogP contribution in [0.2, 0.25) is 0 Å². The molecule has 0 aliphatic heterocycles. The zero-order valence-electron chi connectivity index (χ0n) is 22.5. The average molecular weight is 514 g/mol. The van der Waals surface area contributed by atoms with Gasteiger partial charge < -0.3 is 0 Å². The lowest BCUT2D eigenvalue weighted by molar-refractivity contribution is 0.773. The van der Waals surface area contributed by atoms with E-state index in [-0.39, 0.29) is 0 Å². The molecule has 2 atom stereocenters. The van der Waals surface area contributed by atoms with Crippen molar-refractivity contribution in [2.24, 2.45) is 0 Å². The van der Waals surface area contributed by atoms with Crippen molar-refractivity contribution in [3.05, 3.63) is 138 Å². The molecule has 0 saturated heterocycles. The lowest BCUT2D eigenvalue weighted by Gasteiger charge is -2.19. The molecule has 0 bridgehead atoms. The first-order valence-corrected chi connectivity index (χ1v) is 13.9. The van der Waals surface area contributed by atoms with Gasteiger partial charge in [-0.25, -0.2) is 15.0 Å². The number of aryl methyl sites for hydroxylation is 2. The van der Waals surface area contributed by atoms with Crippen LogP contribution in [0, 0.1) is 13.8 Å². The van der Waals surface area contributed by atoms with Crippen molar-refractivity contribution >= 4 is 21.5 Å². The Balaban J connectivity index is 1.47. The molecule has 2 unspecified atom stereocenters. The fourth-order valence-corrected chi connectivity index (χ4v) is 6.49. The topological polar surface area (TPSA) is 38.7 Å². The summed E-state index contributed by atoms with van der Waals surface area (Å²) in [6.07, 6.45) is 9.08. The number of hydrogen-bond donors (Lipinski definition) is 0. The highest BCUT2D eigenvalue weighted by Crippen LogP contribution is 2.54. The minimum absolute atomic E-state index is 0.341. The van der Waals surface area contributed by atoms with Gasteiger partial charge in [-0.3, -0.25) is 0 Å². The molecule has 8 rings (SSSR count). The van der Waals surface area contributed by atoms with Crippen LogP contribution in [-0.2, 0) is 0 Å². The quantitative estimate of drug-likeness (QED) is 0.222. The zero-order valence-corrected chi connectivity index (χ0v) is 22.5. The van der Waals surface area contributed by atoms with Gasteiger partial charge in [0.05, 0.1) is 0 Å². The van der Waals surface area contributed by atoms with Gasteiger partial charge in [0.1, 0.15) is 0 Å². The summed E-state index contributed by atoms with van der Waals surface area (Å²) in [5.41, 5.74) is 8.27. The molecular weight excluding hydrogens is 486 g/mol. The molecule has 6 aromatic rings. The number of fused-ring (bicyclic) bond motifs is 5. The molecule has 0 saturated carbocycles. The third-order valence-electron chi connectivity index (χ3n) is 8.43. The molecule has 0 amide bonds. The summed E-state index contributed by atoms with van der Waals surface area (Å²) in [6.45, 7) is 4.20. The van der Waals surface area contributed by atoms with E-state index in [0.717, 1.165) is 16.7 Å². The van der Waals surface area contributed by atoms with E-state index in [9.17, 15) is 0 Å². The van der Waals surface area contributed by atoms with Gasteiger partial charge in [-0.05, 0) is 46.5 Å². The maximum Gasteiger partial charge on any atom is 0.165 e. The molecule has 2 aliphatic rings. The first-order chi connectivity index (χ1) is 19.7. The van der Waals surface area contributed by atoms with Crippen LogP contribution >= 0.6 is 0 Å². The number of nitrogens with zero attached hydrogens (tertiary/aromatic N) is 3. The largest absolute Gasteiger partial charge is 0.208 e. The molecule has 190 valence electrons. The van der Waals surface area contributed by atoms with Crippen LogP contribution in [0.3, 0.4) is 0 Å². The highest BCUT2D eigenvalue weighted by atomic mass is 15.0. The first kappa shape index (κ1) is 23.0. The molecule has 3 nitrogen and oxygen atoms in total. The van der Waals surface area contributed by atoms with Crippen LogP contribution in [0.25, 0.3) is 55.7 Å². The Morgan fingerprint density at radius 1 is 0.500 bits per heavy atom. The summed E-state index contributed by atoms with van der Waals surface area (Å²) in [5, 5.41) is 5.01. The van der Waals surface area contributed by atoms with Crippen LogP contribution in [0.5, 0.6) is 0 Å². The van der Waals surface area contributed by atoms with E-state index in [2.05, 4.69) is 129 Å².